The summed E-state index contributed by atoms with van der Waals surface area (Å²) in [5.74, 6) is -7.74. The number of alkyl halides is 6. The van der Waals surface area contributed by atoms with E-state index in [4.69, 9.17) is 28.4 Å². The van der Waals surface area contributed by atoms with Crippen molar-refractivity contribution in [3.8, 4) is 0 Å². The number of rotatable bonds is 8. The van der Waals surface area contributed by atoms with Crippen LogP contribution in [0.25, 0.3) is 0 Å². The SMILES string of the molecule is C[C@@H]1C[C@H]2[C@@H]3C[C@H](F)C4=CC(=O)C=C[C@]4(C)[C@@]3(F)[C@@H](O)C[C@]2(C)[C@@]1(OC(=O)O[C@@H]1C[C@H]2CC[C@]1(C)C2(C)C)C(=O)OCF.C[C@@H]1C[C@H]2[C@@H]3C[C@H](F)C4=CC(=O)C=C[C@]4(C)[C@@]3(F)[C@@H](O)C[C@]2(C)[C@@]1(OC(=O)O[C@H]1C[C@@H]2CC[C@@]1(C)C2(C)C)C(=O)OCF. The molecular formula is C66H86F6O14. The first-order chi connectivity index (χ1) is 39.9. The average Bonchev–Trinajstić information content (AvgIpc) is 1.24. The molecule has 12 rings (SSSR count). The summed E-state index contributed by atoms with van der Waals surface area (Å²) in [5, 5.41) is 23.3. The molecule has 0 radical (unpaired) electrons. The minimum absolute atomic E-state index is 0.0161. The Balaban J connectivity index is 0.000000179. The predicted octanol–water partition coefficient (Wildman–Crippen LogP) is 12.3. The van der Waals surface area contributed by atoms with Crippen LogP contribution in [0.5, 0.6) is 0 Å². The van der Waals surface area contributed by atoms with Crippen molar-refractivity contribution in [2.24, 2.45) is 90.7 Å². The van der Waals surface area contributed by atoms with Crippen LogP contribution in [0.3, 0.4) is 0 Å². The van der Waals surface area contributed by atoms with Crippen LogP contribution in [0.1, 0.15) is 160 Å². The van der Waals surface area contributed by atoms with Crippen LogP contribution >= 0.6 is 0 Å². The minimum Gasteiger partial charge on any atom is -0.431 e. The highest BCUT2D eigenvalue weighted by Gasteiger charge is 2.81. The van der Waals surface area contributed by atoms with E-state index in [1.54, 1.807) is 27.7 Å². The third-order valence-electron chi connectivity index (χ3n) is 27.7. The molecule has 4 bridgehead atoms. The number of carbonyl (C=O) groups is 6. The van der Waals surface area contributed by atoms with Gasteiger partial charge in [0.25, 0.3) is 0 Å². The van der Waals surface area contributed by atoms with Gasteiger partial charge in [0.2, 0.25) is 24.9 Å². The van der Waals surface area contributed by atoms with Gasteiger partial charge in [-0.05, 0) is 161 Å². The zero-order chi connectivity index (χ0) is 63.1. The van der Waals surface area contributed by atoms with Crippen LogP contribution in [-0.2, 0) is 47.6 Å². The Bertz CT molecular complexity index is 2820. The molecule has 10 saturated carbocycles. The molecule has 0 aromatic carbocycles. The van der Waals surface area contributed by atoms with Crippen molar-refractivity contribution in [2.75, 3.05) is 13.7 Å². The number of ether oxygens (including phenoxy) is 6. The van der Waals surface area contributed by atoms with E-state index in [9.17, 15) is 47.8 Å². The van der Waals surface area contributed by atoms with E-state index in [1.807, 2.05) is 0 Å². The fourth-order valence-corrected chi connectivity index (χ4v) is 21.9. The number of esters is 2. The molecule has 10 fully saturated rings. The number of fused-ring (bicyclic) bond motifs is 14. The van der Waals surface area contributed by atoms with Crippen molar-refractivity contribution in [3.63, 3.8) is 0 Å². The first kappa shape index (κ1) is 62.9. The van der Waals surface area contributed by atoms with Gasteiger partial charge in [0.05, 0.1) is 12.2 Å². The first-order valence-corrected chi connectivity index (χ1v) is 31.1. The van der Waals surface area contributed by atoms with Gasteiger partial charge >= 0.3 is 24.2 Å². The summed E-state index contributed by atoms with van der Waals surface area (Å²) in [7, 11) is 0. The zero-order valence-electron chi connectivity index (χ0n) is 51.5. The zero-order valence-corrected chi connectivity index (χ0v) is 51.5. The monoisotopic (exact) mass is 1220 g/mol. The molecule has 86 heavy (non-hydrogen) atoms. The molecule has 0 heterocycles. The molecule has 12 aliphatic carbocycles. The van der Waals surface area contributed by atoms with E-state index in [-0.39, 0.29) is 71.3 Å². The van der Waals surface area contributed by atoms with Gasteiger partial charge in [0.1, 0.15) is 24.6 Å². The summed E-state index contributed by atoms with van der Waals surface area (Å²) in [4.78, 5) is 79.0. The fourth-order valence-electron chi connectivity index (χ4n) is 21.9. The van der Waals surface area contributed by atoms with Gasteiger partial charge in [-0.1, -0.05) is 81.4 Å². The second kappa shape index (κ2) is 19.9. The number of ketones is 2. The normalized spacial score (nSPS) is 50.8. The van der Waals surface area contributed by atoms with Crippen molar-refractivity contribution >= 4 is 35.8 Å². The Morgan fingerprint density at radius 1 is 0.535 bits per heavy atom. The Kier molecular flexibility index (Phi) is 14.5. The van der Waals surface area contributed by atoms with Crippen LogP contribution < -0.4 is 0 Å². The van der Waals surface area contributed by atoms with Gasteiger partial charge in [-0.15, -0.1) is 0 Å². The smallest absolute Gasteiger partial charge is 0.431 e. The number of hydrogen-bond acceptors (Lipinski definition) is 14. The average molecular weight is 1220 g/mol. The highest BCUT2D eigenvalue weighted by Crippen LogP contribution is 2.75. The second-order valence-electron chi connectivity index (χ2n) is 30.7. The molecular weight excluding hydrogens is 1130 g/mol. The molecule has 0 spiro atoms. The maximum Gasteiger partial charge on any atom is 0.509 e. The van der Waals surface area contributed by atoms with Crippen LogP contribution in [0.15, 0.2) is 47.6 Å². The molecule has 0 amide bonds. The van der Waals surface area contributed by atoms with Crippen molar-refractivity contribution in [1.82, 2.24) is 0 Å². The minimum atomic E-state index is -2.38. The van der Waals surface area contributed by atoms with Gasteiger partial charge in [0.15, 0.2) is 22.9 Å². The van der Waals surface area contributed by atoms with Crippen molar-refractivity contribution in [3.05, 3.63) is 47.6 Å². The molecule has 0 aromatic heterocycles. The maximum absolute atomic E-state index is 17.6. The molecule has 20 heteroatoms. The van der Waals surface area contributed by atoms with Gasteiger partial charge in [-0.2, -0.15) is 0 Å². The standard InChI is InChI=1S/2C33H43F3O7/c2*1-17-11-20-21-14-23(35)22-13-19(37)8-10-29(22,4)32(21,36)24(38)15-31(20,6)33(17,26(39)41-16-34)43-27(40)42-25-12-18-7-9-30(25,5)28(18,2)3/h2*8,10,13,17-18,20-21,23-25,38H,7,9,11-12,14-16H2,1-6H3/t17-,18+,20+,21+,23+,24+,25+,29+,30-,31+,32+,33+;17-,18-,20+,21+,23+,24+,25-,29+,30+,31+,32+,33+/m11/s1. The number of allylic oxidation sites excluding steroid dienone is 8. The van der Waals surface area contributed by atoms with Gasteiger partial charge in [-0.25, -0.2) is 45.5 Å². The van der Waals surface area contributed by atoms with Gasteiger partial charge < -0.3 is 38.6 Å². The predicted molar refractivity (Wildman–Crippen MR) is 297 cm³/mol. The Hall–Kier alpha value is -4.72. The molecule has 0 aromatic rings. The molecule has 0 unspecified atom stereocenters. The first-order valence-electron chi connectivity index (χ1n) is 31.1. The molecule has 0 saturated heterocycles. The van der Waals surface area contributed by atoms with Gasteiger partial charge in [-0.3, -0.25) is 9.59 Å². The maximum atomic E-state index is 17.6. The second-order valence-corrected chi connectivity index (χ2v) is 30.7. The van der Waals surface area contributed by atoms with Crippen LogP contribution in [0.2, 0.25) is 0 Å². The lowest BCUT2D eigenvalue weighted by molar-refractivity contribution is -0.236. The quantitative estimate of drug-likeness (QED) is 0.132. The third-order valence-corrected chi connectivity index (χ3v) is 27.7. The largest absolute Gasteiger partial charge is 0.509 e. The molecule has 14 nitrogen and oxygen atoms in total. The topological polar surface area (TPSA) is 198 Å². The van der Waals surface area contributed by atoms with Crippen LogP contribution in [-0.4, -0.2) is 119 Å². The molecule has 12 aliphatic rings. The fraction of sp³-hybridized carbons (Fsp3) is 0.788. The summed E-state index contributed by atoms with van der Waals surface area (Å²) >= 11 is 0. The molecule has 0 aliphatic heterocycles. The third kappa shape index (κ3) is 7.69. The summed E-state index contributed by atoms with van der Waals surface area (Å²) in [6.07, 6.45) is 1.42. The number of halogens is 6. The number of carbonyl (C=O) groups excluding carboxylic acids is 6. The lowest BCUT2D eigenvalue weighted by Crippen LogP contribution is -2.71. The van der Waals surface area contributed by atoms with Crippen molar-refractivity contribution < 1.29 is 93.7 Å². The van der Waals surface area contributed by atoms with Crippen LogP contribution in [0.4, 0.5) is 35.9 Å². The Labute approximate surface area is 499 Å². The van der Waals surface area contributed by atoms with Crippen molar-refractivity contribution in [1.29, 1.82) is 0 Å². The van der Waals surface area contributed by atoms with Crippen LogP contribution in [0, 0.1) is 90.7 Å². The summed E-state index contributed by atoms with van der Waals surface area (Å²) in [5.41, 5.74) is -15.8. The van der Waals surface area contributed by atoms with E-state index in [0.717, 1.165) is 37.8 Å². The lowest BCUT2D eigenvalue weighted by Gasteiger charge is -2.62. The Morgan fingerprint density at radius 2 is 0.884 bits per heavy atom. The highest BCUT2D eigenvalue weighted by molar-refractivity contribution is 6.02. The summed E-state index contributed by atoms with van der Waals surface area (Å²) in [6, 6.07) is 0. The van der Waals surface area contributed by atoms with E-state index >= 15 is 17.6 Å². The van der Waals surface area contributed by atoms with Crippen molar-refractivity contribution in [2.45, 2.75) is 219 Å². The van der Waals surface area contributed by atoms with E-state index in [0.29, 0.717) is 24.7 Å². The molecule has 2 N–H and O–H groups in total. The van der Waals surface area contributed by atoms with E-state index in [2.05, 4.69) is 41.5 Å². The lowest BCUT2D eigenvalue weighted by atomic mass is 9.44. The molecule has 476 valence electrons. The van der Waals surface area contributed by atoms with E-state index in [1.165, 1.54) is 38.2 Å². The molecule has 24 atom stereocenters. The number of hydrogen-bond donors (Lipinski definition) is 2. The number of aliphatic hydroxyl groups excluding tert-OH is 2. The Morgan fingerprint density at radius 3 is 1.19 bits per heavy atom. The number of aliphatic hydroxyl groups is 2. The van der Waals surface area contributed by atoms with E-state index < -0.39 is 166 Å². The summed E-state index contributed by atoms with van der Waals surface area (Å²) in [6.45, 7) is 19.4. The highest BCUT2D eigenvalue weighted by atomic mass is 19.2. The van der Waals surface area contributed by atoms with Gasteiger partial charge in [0, 0.05) is 56.2 Å². The summed E-state index contributed by atoms with van der Waals surface area (Å²) < 4.78 is 128.